The summed E-state index contributed by atoms with van der Waals surface area (Å²) in [5, 5.41) is 12.1. The Morgan fingerprint density at radius 2 is 2.00 bits per heavy atom. The van der Waals surface area contributed by atoms with Crippen LogP contribution in [-0.2, 0) is 0 Å². The molecule has 1 atom stereocenters. The normalized spacial score (nSPS) is 12.2. The molecule has 3 nitrogen and oxygen atoms in total. The summed E-state index contributed by atoms with van der Waals surface area (Å²) in [5.41, 5.74) is 1.05. The number of nitrogens with one attached hydrogen (secondary N) is 1. The molecular formula is C12H19NO2. The van der Waals surface area contributed by atoms with E-state index in [9.17, 15) is 0 Å². The molecule has 2 N–H and O–H groups in total. The molecule has 0 aromatic heterocycles. The van der Waals surface area contributed by atoms with Crippen molar-refractivity contribution in [1.29, 1.82) is 0 Å². The van der Waals surface area contributed by atoms with Crippen LogP contribution in [-0.4, -0.2) is 24.9 Å². The Morgan fingerprint density at radius 3 is 2.53 bits per heavy atom. The second kappa shape index (κ2) is 6.30. The molecule has 3 heteroatoms. The number of benzene rings is 1. The maximum absolute atomic E-state index is 8.87. The molecule has 15 heavy (non-hydrogen) atoms. The van der Waals surface area contributed by atoms with Gasteiger partial charge in [-0.05, 0) is 37.1 Å². The van der Waals surface area contributed by atoms with E-state index < -0.39 is 0 Å². The van der Waals surface area contributed by atoms with E-state index in [2.05, 4.69) is 5.32 Å². The summed E-state index contributed by atoms with van der Waals surface area (Å²) in [6.07, 6.45) is 0. The Labute approximate surface area is 91.1 Å². The van der Waals surface area contributed by atoms with Crippen molar-refractivity contribution < 1.29 is 9.84 Å². The Morgan fingerprint density at radius 1 is 1.33 bits per heavy atom. The Kier molecular flexibility index (Phi) is 4.98. The van der Waals surface area contributed by atoms with Crippen LogP contribution < -0.4 is 10.1 Å². The number of rotatable bonds is 6. The van der Waals surface area contributed by atoms with Gasteiger partial charge < -0.3 is 15.2 Å². The quantitative estimate of drug-likeness (QED) is 0.754. The van der Waals surface area contributed by atoms with Crippen LogP contribution in [0.3, 0.4) is 0 Å². The highest BCUT2D eigenvalue weighted by atomic mass is 16.5. The Balaban J connectivity index is 2.42. The molecular weight excluding hydrogens is 190 g/mol. The van der Waals surface area contributed by atoms with Gasteiger partial charge in [0.15, 0.2) is 0 Å². The van der Waals surface area contributed by atoms with Crippen LogP contribution in [0.15, 0.2) is 24.3 Å². The van der Waals surface area contributed by atoms with Gasteiger partial charge >= 0.3 is 0 Å². The van der Waals surface area contributed by atoms with Gasteiger partial charge in [0.25, 0.3) is 0 Å². The van der Waals surface area contributed by atoms with E-state index >= 15 is 0 Å². The standard InChI is InChI=1S/C12H19NO2/c1-3-15-12-6-4-11(5-7-12)13-8-10(2)9-14/h4-7,10,13-14H,3,8-9H2,1-2H3. The van der Waals surface area contributed by atoms with E-state index in [0.29, 0.717) is 6.61 Å². The van der Waals surface area contributed by atoms with Crippen molar-refractivity contribution in [3.05, 3.63) is 24.3 Å². The first kappa shape index (κ1) is 11.9. The summed E-state index contributed by atoms with van der Waals surface area (Å²) in [7, 11) is 0. The number of hydrogen-bond donors (Lipinski definition) is 2. The summed E-state index contributed by atoms with van der Waals surface area (Å²) < 4.78 is 5.34. The molecule has 0 aliphatic heterocycles. The average Bonchev–Trinajstić information content (AvgIpc) is 2.28. The number of hydrogen-bond acceptors (Lipinski definition) is 3. The molecule has 1 rings (SSSR count). The minimum Gasteiger partial charge on any atom is -0.494 e. The van der Waals surface area contributed by atoms with Crippen molar-refractivity contribution in [2.24, 2.45) is 5.92 Å². The fourth-order valence-electron chi connectivity index (χ4n) is 1.19. The van der Waals surface area contributed by atoms with Crippen LogP contribution in [0.5, 0.6) is 5.75 Å². The van der Waals surface area contributed by atoms with E-state index in [1.54, 1.807) is 0 Å². The molecule has 0 radical (unpaired) electrons. The van der Waals surface area contributed by atoms with E-state index in [1.807, 2.05) is 38.1 Å². The third-order valence-corrected chi connectivity index (χ3v) is 2.13. The first-order valence-electron chi connectivity index (χ1n) is 5.33. The number of ether oxygens (including phenoxy) is 1. The topological polar surface area (TPSA) is 41.5 Å². The smallest absolute Gasteiger partial charge is 0.119 e. The highest BCUT2D eigenvalue weighted by molar-refractivity contribution is 5.46. The van der Waals surface area contributed by atoms with Gasteiger partial charge in [0.05, 0.1) is 6.61 Å². The molecule has 0 saturated carbocycles. The average molecular weight is 209 g/mol. The minimum atomic E-state index is 0.212. The third-order valence-electron chi connectivity index (χ3n) is 2.13. The van der Waals surface area contributed by atoms with Crippen LogP contribution >= 0.6 is 0 Å². The predicted octanol–water partition coefficient (Wildman–Crippen LogP) is 2.13. The monoisotopic (exact) mass is 209 g/mol. The zero-order valence-corrected chi connectivity index (χ0v) is 9.36. The highest BCUT2D eigenvalue weighted by Crippen LogP contribution is 2.15. The molecule has 0 spiro atoms. The second-order valence-corrected chi connectivity index (χ2v) is 3.63. The SMILES string of the molecule is CCOc1ccc(NCC(C)CO)cc1. The maximum atomic E-state index is 8.87. The molecule has 0 amide bonds. The van der Waals surface area contributed by atoms with Gasteiger partial charge in [0.2, 0.25) is 0 Å². The lowest BCUT2D eigenvalue weighted by molar-refractivity contribution is 0.244. The first-order valence-corrected chi connectivity index (χ1v) is 5.33. The summed E-state index contributed by atoms with van der Waals surface area (Å²) in [5.74, 6) is 1.16. The lowest BCUT2D eigenvalue weighted by Gasteiger charge is -2.11. The fourth-order valence-corrected chi connectivity index (χ4v) is 1.19. The van der Waals surface area contributed by atoms with E-state index in [0.717, 1.165) is 18.0 Å². The largest absolute Gasteiger partial charge is 0.494 e. The van der Waals surface area contributed by atoms with Gasteiger partial charge in [0, 0.05) is 18.8 Å². The van der Waals surface area contributed by atoms with Gasteiger partial charge in [-0.1, -0.05) is 6.92 Å². The van der Waals surface area contributed by atoms with Crippen LogP contribution in [0.2, 0.25) is 0 Å². The molecule has 0 saturated heterocycles. The summed E-state index contributed by atoms with van der Waals surface area (Å²) in [6.45, 7) is 5.65. The maximum Gasteiger partial charge on any atom is 0.119 e. The molecule has 0 heterocycles. The fraction of sp³-hybridized carbons (Fsp3) is 0.500. The van der Waals surface area contributed by atoms with Gasteiger partial charge in [-0.15, -0.1) is 0 Å². The van der Waals surface area contributed by atoms with E-state index in [-0.39, 0.29) is 12.5 Å². The summed E-state index contributed by atoms with van der Waals surface area (Å²) >= 11 is 0. The predicted molar refractivity (Wildman–Crippen MR) is 62.4 cm³/mol. The van der Waals surface area contributed by atoms with Gasteiger partial charge in [0.1, 0.15) is 5.75 Å². The molecule has 0 aliphatic rings. The van der Waals surface area contributed by atoms with Crippen LogP contribution in [0.4, 0.5) is 5.69 Å². The van der Waals surface area contributed by atoms with E-state index in [1.165, 1.54) is 0 Å². The minimum absolute atomic E-state index is 0.212. The third kappa shape index (κ3) is 4.21. The van der Waals surface area contributed by atoms with Crippen LogP contribution in [0, 0.1) is 5.92 Å². The van der Waals surface area contributed by atoms with Gasteiger partial charge in [-0.3, -0.25) is 0 Å². The van der Waals surface area contributed by atoms with Crippen molar-refractivity contribution in [2.45, 2.75) is 13.8 Å². The molecule has 1 aromatic rings. The number of aliphatic hydroxyl groups is 1. The molecule has 0 bridgehead atoms. The Hall–Kier alpha value is -1.22. The van der Waals surface area contributed by atoms with Gasteiger partial charge in [-0.2, -0.15) is 0 Å². The summed E-state index contributed by atoms with van der Waals surface area (Å²) in [6, 6.07) is 7.84. The van der Waals surface area contributed by atoms with Crippen molar-refractivity contribution in [1.82, 2.24) is 0 Å². The van der Waals surface area contributed by atoms with Crippen molar-refractivity contribution in [3.8, 4) is 5.75 Å². The van der Waals surface area contributed by atoms with Crippen molar-refractivity contribution in [2.75, 3.05) is 25.1 Å². The summed E-state index contributed by atoms with van der Waals surface area (Å²) in [4.78, 5) is 0. The first-order chi connectivity index (χ1) is 7.26. The lowest BCUT2D eigenvalue weighted by Crippen LogP contribution is -2.14. The lowest BCUT2D eigenvalue weighted by atomic mass is 10.2. The molecule has 1 unspecified atom stereocenters. The number of aliphatic hydroxyl groups excluding tert-OH is 1. The van der Waals surface area contributed by atoms with Crippen LogP contribution in [0.25, 0.3) is 0 Å². The molecule has 0 fully saturated rings. The molecule has 0 aliphatic carbocycles. The second-order valence-electron chi connectivity index (χ2n) is 3.63. The highest BCUT2D eigenvalue weighted by Gasteiger charge is 1.99. The Bertz CT molecular complexity index is 271. The van der Waals surface area contributed by atoms with Gasteiger partial charge in [-0.25, -0.2) is 0 Å². The zero-order valence-electron chi connectivity index (χ0n) is 9.36. The van der Waals surface area contributed by atoms with E-state index in [4.69, 9.17) is 9.84 Å². The van der Waals surface area contributed by atoms with Crippen molar-refractivity contribution >= 4 is 5.69 Å². The zero-order chi connectivity index (χ0) is 11.1. The van der Waals surface area contributed by atoms with Crippen molar-refractivity contribution in [3.63, 3.8) is 0 Å². The molecule has 84 valence electrons. The van der Waals surface area contributed by atoms with Crippen LogP contribution in [0.1, 0.15) is 13.8 Å². The number of anilines is 1. The molecule has 1 aromatic carbocycles.